The number of piperazine rings is 2. The molecule has 192 valence electrons. The summed E-state index contributed by atoms with van der Waals surface area (Å²) in [5.74, 6) is 2.46. The van der Waals surface area contributed by atoms with E-state index in [1.807, 2.05) is 34.1 Å². The first-order chi connectivity index (χ1) is 17.5. The number of thioether (sulfide) groups is 1. The Hall–Kier alpha value is -2.72. The second kappa shape index (κ2) is 11.1. The van der Waals surface area contributed by atoms with Crippen molar-refractivity contribution in [1.82, 2.24) is 19.8 Å². The minimum Gasteiger partial charge on any atom is -0.497 e. The normalized spacial score (nSPS) is 18.4. The molecule has 3 heterocycles. The fourth-order valence-corrected chi connectivity index (χ4v) is 5.56. The van der Waals surface area contributed by atoms with Crippen LogP contribution < -0.4 is 14.5 Å². The summed E-state index contributed by atoms with van der Waals surface area (Å²) in [5.41, 5.74) is 1.13. The standard InChI is InChI=1S/C25H31ClN6O3S/c1-35-20-6-4-19(5-7-20)29-8-12-31(13-9-29)23(33)17-36-25-27-21(26)16-22(28-25)30-10-14-32(15-11-30)24(34)18-2-3-18/h4-7,16,18H,2-3,8-15,17H2,1H3. The van der Waals surface area contributed by atoms with Gasteiger partial charge in [-0.05, 0) is 37.1 Å². The molecule has 0 radical (unpaired) electrons. The molecule has 36 heavy (non-hydrogen) atoms. The molecule has 1 saturated carbocycles. The number of hydrogen-bond acceptors (Lipinski definition) is 8. The lowest BCUT2D eigenvalue weighted by molar-refractivity contribution is -0.133. The summed E-state index contributed by atoms with van der Waals surface area (Å²) in [7, 11) is 1.66. The van der Waals surface area contributed by atoms with Gasteiger partial charge in [-0.25, -0.2) is 9.97 Å². The molecule has 0 atom stereocenters. The van der Waals surface area contributed by atoms with E-state index in [-0.39, 0.29) is 23.5 Å². The molecule has 0 N–H and O–H groups in total. The van der Waals surface area contributed by atoms with Crippen LogP contribution in [0, 0.1) is 5.92 Å². The van der Waals surface area contributed by atoms with E-state index in [1.165, 1.54) is 11.8 Å². The van der Waals surface area contributed by atoms with Crippen LogP contribution in [0.2, 0.25) is 5.15 Å². The Morgan fingerprint density at radius 2 is 1.58 bits per heavy atom. The van der Waals surface area contributed by atoms with Crippen molar-refractivity contribution < 1.29 is 14.3 Å². The van der Waals surface area contributed by atoms with Gasteiger partial charge in [-0.1, -0.05) is 23.4 Å². The number of methoxy groups -OCH3 is 1. The summed E-state index contributed by atoms with van der Waals surface area (Å²) in [5, 5.41) is 0.860. The zero-order valence-corrected chi connectivity index (χ0v) is 22.0. The van der Waals surface area contributed by atoms with Gasteiger partial charge in [0.25, 0.3) is 0 Å². The maximum Gasteiger partial charge on any atom is 0.233 e. The van der Waals surface area contributed by atoms with Gasteiger partial charge in [-0.15, -0.1) is 0 Å². The summed E-state index contributed by atoms with van der Waals surface area (Å²) in [6.45, 7) is 5.75. The molecule has 5 rings (SSSR count). The van der Waals surface area contributed by atoms with Crippen LogP contribution >= 0.6 is 23.4 Å². The Labute approximate surface area is 220 Å². The second-order valence-corrected chi connectivity index (χ2v) is 10.6. The van der Waals surface area contributed by atoms with Crippen molar-refractivity contribution in [2.45, 2.75) is 18.0 Å². The van der Waals surface area contributed by atoms with Crippen LogP contribution in [0.4, 0.5) is 11.5 Å². The number of rotatable bonds is 7. The topological polar surface area (TPSA) is 82.1 Å². The van der Waals surface area contributed by atoms with Gasteiger partial charge in [-0.2, -0.15) is 0 Å². The minimum atomic E-state index is 0.0757. The van der Waals surface area contributed by atoms with Crippen LogP contribution in [0.3, 0.4) is 0 Å². The van der Waals surface area contributed by atoms with Crippen LogP contribution in [0.5, 0.6) is 5.75 Å². The van der Waals surface area contributed by atoms with Gasteiger partial charge in [0.15, 0.2) is 5.16 Å². The van der Waals surface area contributed by atoms with E-state index >= 15 is 0 Å². The Morgan fingerprint density at radius 3 is 2.22 bits per heavy atom. The highest BCUT2D eigenvalue weighted by Gasteiger charge is 2.34. The highest BCUT2D eigenvalue weighted by atomic mass is 35.5. The lowest BCUT2D eigenvalue weighted by atomic mass is 10.2. The summed E-state index contributed by atoms with van der Waals surface area (Å²) in [6, 6.07) is 9.76. The molecule has 2 aromatic rings. The Balaban J connectivity index is 1.11. The van der Waals surface area contributed by atoms with E-state index in [4.69, 9.17) is 16.3 Å². The van der Waals surface area contributed by atoms with Gasteiger partial charge in [0.2, 0.25) is 11.8 Å². The molecule has 2 aliphatic heterocycles. The quantitative estimate of drug-likeness (QED) is 0.307. The average molecular weight is 531 g/mol. The Kier molecular flexibility index (Phi) is 7.71. The Bertz CT molecular complexity index is 1080. The minimum absolute atomic E-state index is 0.0757. The first-order valence-electron chi connectivity index (χ1n) is 12.4. The predicted molar refractivity (Wildman–Crippen MR) is 141 cm³/mol. The van der Waals surface area contributed by atoms with Gasteiger partial charge in [0.1, 0.15) is 16.7 Å². The van der Waals surface area contributed by atoms with Gasteiger partial charge in [-0.3, -0.25) is 9.59 Å². The fraction of sp³-hybridized carbons (Fsp3) is 0.520. The van der Waals surface area contributed by atoms with Crippen LogP contribution in [-0.4, -0.2) is 96.8 Å². The first-order valence-corrected chi connectivity index (χ1v) is 13.7. The number of hydrogen-bond donors (Lipinski definition) is 0. The molecule has 0 bridgehead atoms. The first kappa shape index (κ1) is 25.0. The van der Waals surface area contributed by atoms with E-state index in [1.54, 1.807) is 13.2 Å². The van der Waals surface area contributed by atoms with E-state index in [2.05, 4.69) is 19.8 Å². The number of carbonyl (C=O) groups excluding carboxylic acids is 2. The van der Waals surface area contributed by atoms with Crippen molar-refractivity contribution in [3.63, 3.8) is 0 Å². The molecular formula is C25H31ClN6O3S. The van der Waals surface area contributed by atoms with Gasteiger partial charge < -0.3 is 24.3 Å². The molecule has 3 aliphatic rings. The van der Waals surface area contributed by atoms with Gasteiger partial charge in [0.05, 0.1) is 12.9 Å². The van der Waals surface area contributed by atoms with E-state index < -0.39 is 0 Å². The van der Waals surface area contributed by atoms with Gasteiger partial charge in [0, 0.05) is 70.0 Å². The third kappa shape index (κ3) is 5.98. The van der Waals surface area contributed by atoms with Crippen LogP contribution in [0.25, 0.3) is 0 Å². The zero-order valence-electron chi connectivity index (χ0n) is 20.4. The van der Waals surface area contributed by atoms with Crippen LogP contribution in [0.1, 0.15) is 12.8 Å². The Morgan fingerprint density at radius 1 is 0.944 bits per heavy atom. The lowest BCUT2D eigenvalue weighted by Crippen LogP contribution is -2.49. The second-order valence-electron chi connectivity index (χ2n) is 9.27. The third-order valence-electron chi connectivity index (χ3n) is 6.90. The number of nitrogens with zero attached hydrogens (tertiary/aromatic N) is 6. The van der Waals surface area contributed by atoms with Crippen molar-refractivity contribution in [3.8, 4) is 5.75 Å². The molecule has 9 nitrogen and oxygen atoms in total. The monoisotopic (exact) mass is 530 g/mol. The molecule has 1 aromatic heterocycles. The average Bonchev–Trinajstić information content (AvgIpc) is 3.77. The summed E-state index contributed by atoms with van der Waals surface area (Å²) in [6.07, 6.45) is 2.05. The SMILES string of the molecule is COc1ccc(N2CCN(C(=O)CSc3nc(Cl)cc(N4CCN(C(=O)C5CC5)CC4)n3)CC2)cc1. The highest BCUT2D eigenvalue weighted by Crippen LogP contribution is 2.32. The number of benzene rings is 1. The van der Waals surface area contributed by atoms with Crippen molar-refractivity contribution in [3.05, 3.63) is 35.5 Å². The van der Waals surface area contributed by atoms with E-state index in [0.717, 1.165) is 43.2 Å². The largest absolute Gasteiger partial charge is 0.497 e. The lowest BCUT2D eigenvalue weighted by Gasteiger charge is -2.36. The number of ether oxygens (including phenoxy) is 1. The summed E-state index contributed by atoms with van der Waals surface area (Å²) >= 11 is 7.61. The third-order valence-corrected chi connectivity index (χ3v) is 7.92. The van der Waals surface area contributed by atoms with Crippen LogP contribution in [-0.2, 0) is 9.59 Å². The molecular weight excluding hydrogens is 500 g/mol. The number of halogens is 1. The number of aromatic nitrogens is 2. The zero-order chi connectivity index (χ0) is 25.1. The summed E-state index contributed by atoms with van der Waals surface area (Å²) < 4.78 is 5.23. The van der Waals surface area contributed by atoms with Gasteiger partial charge >= 0.3 is 0 Å². The molecule has 1 aliphatic carbocycles. The van der Waals surface area contributed by atoms with Crippen molar-refractivity contribution in [2.24, 2.45) is 5.92 Å². The maximum atomic E-state index is 12.9. The highest BCUT2D eigenvalue weighted by molar-refractivity contribution is 7.99. The smallest absolute Gasteiger partial charge is 0.233 e. The molecule has 1 aromatic carbocycles. The summed E-state index contributed by atoms with van der Waals surface area (Å²) in [4.78, 5) is 42.4. The van der Waals surface area contributed by atoms with Crippen molar-refractivity contribution in [2.75, 3.05) is 75.0 Å². The molecule has 3 fully saturated rings. The number of anilines is 2. The number of amides is 2. The molecule has 0 unspecified atom stereocenters. The molecule has 0 spiro atoms. The van der Waals surface area contributed by atoms with E-state index in [0.29, 0.717) is 49.6 Å². The molecule has 11 heteroatoms. The molecule has 2 saturated heterocycles. The van der Waals surface area contributed by atoms with Crippen molar-refractivity contribution in [1.29, 1.82) is 0 Å². The maximum absolute atomic E-state index is 12.9. The molecule has 2 amide bonds. The predicted octanol–water partition coefficient (Wildman–Crippen LogP) is 2.64. The number of carbonyl (C=O) groups is 2. The fourth-order valence-electron chi connectivity index (χ4n) is 4.58. The van der Waals surface area contributed by atoms with E-state index in [9.17, 15) is 9.59 Å². The van der Waals surface area contributed by atoms with Crippen LogP contribution in [0.15, 0.2) is 35.5 Å². The van der Waals surface area contributed by atoms with Crippen molar-refractivity contribution >= 4 is 46.7 Å².